The van der Waals surface area contributed by atoms with Crippen LogP contribution in [0.4, 0.5) is 13.2 Å². The van der Waals surface area contributed by atoms with Crippen LogP contribution in [0.25, 0.3) is 0 Å². The fourth-order valence-electron chi connectivity index (χ4n) is 2.49. The van der Waals surface area contributed by atoms with Crippen molar-refractivity contribution in [1.82, 2.24) is 4.72 Å². The van der Waals surface area contributed by atoms with E-state index in [1.54, 1.807) is 0 Å². The van der Waals surface area contributed by atoms with Gasteiger partial charge in [-0.3, -0.25) is 0 Å². The van der Waals surface area contributed by atoms with Crippen LogP contribution < -0.4 is 4.72 Å². The number of alkyl halides is 3. The van der Waals surface area contributed by atoms with E-state index in [9.17, 15) is 26.7 Å². The van der Waals surface area contributed by atoms with E-state index >= 15 is 0 Å². The molecule has 2 N–H and O–H groups in total. The maximum Gasteiger partial charge on any atom is 0.389 e. The van der Waals surface area contributed by atoms with Crippen LogP contribution in [0.3, 0.4) is 0 Å². The van der Waals surface area contributed by atoms with Crippen LogP contribution in [0.5, 0.6) is 0 Å². The molecular formula is C12H22F3NO3S. The maximum absolute atomic E-state index is 12.0. The van der Waals surface area contributed by atoms with Crippen molar-refractivity contribution < 1.29 is 26.7 Å². The highest BCUT2D eigenvalue weighted by Crippen LogP contribution is 2.35. The van der Waals surface area contributed by atoms with E-state index in [1.807, 2.05) is 0 Å². The minimum Gasteiger partial charge on any atom is -0.396 e. The smallest absolute Gasteiger partial charge is 0.389 e. The molecule has 1 fully saturated rings. The third kappa shape index (κ3) is 6.41. The van der Waals surface area contributed by atoms with Gasteiger partial charge in [0.15, 0.2) is 0 Å². The fourth-order valence-corrected chi connectivity index (χ4v) is 3.69. The van der Waals surface area contributed by atoms with Crippen LogP contribution in [-0.2, 0) is 10.0 Å². The number of hydrogen-bond acceptors (Lipinski definition) is 3. The molecule has 4 nitrogen and oxygen atoms in total. The molecule has 0 bridgehead atoms. The normalized spacial score (nSPS) is 20.0. The van der Waals surface area contributed by atoms with E-state index < -0.39 is 40.2 Å². The van der Waals surface area contributed by atoms with Gasteiger partial charge < -0.3 is 5.11 Å². The fraction of sp³-hybridized carbons (Fsp3) is 1.00. The molecule has 0 radical (unpaired) electrons. The minimum absolute atomic E-state index is 0.0991. The van der Waals surface area contributed by atoms with Crippen molar-refractivity contribution in [3.63, 3.8) is 0 Å². The lowest BCUT2D eigenvalue weighted by molar-refractivity contribution is -0.134. The third-order valence-electron chi connectivity index (χ3n) is 3.79. The standard InChI is InChI=1S/C12H22F3NO3S/c13-12(14,15)7-4-8-20(18,19)16-9-11(10-17)5-2-1-3-6-11/h16-17H,1-10H2. The maximum atomic E-state index is 12.0. The molecule has 1 aliphatic carbocycles. The van der Waals surface area contributed by atoms with Gasteiger partial charge in [-0.2, -0.15) is 13.2 Å². The summed E-state index contributed by atoms with van der Waals surface area (Å²) >= 11 is 0. The number of aliphatic hydroxyl groups is 1. The second kappa shape index (κ2) is 7.09. The van der Waals surface area contributed by atoms with E-state index in [0.29, 0.717) is 0 Å². The first kappa shape index (κ1) is 17.7. The number of nitrogens with one attached hydrogen (secondary N) is 1. The second-order valence-electron chi connectivity index (χ2n) is 5.58. The third-order valence-corrected chi connectivity index (χ3v) is 5.20. The van der Waals surface area contributed by atoms with E-state index in [-0.39, 0.29) is 13.2 Å². The molecule has 0 aliphatic heterocycles. The Hall–Kier alpha value is -0.340. The molecule has 0 aromatic heterocycles. The lowest BCUT2D eigenvalue weighted by atomic mass is 9.75. The van der Waals surface area contributed by atoms with Gasteiger partial charge in [0.25, 0.3) is 0 Å². The van der Waals surface area contributed by atoms with Crippen LogP contribution in [0.2, 0.25) is 0 Å². The molecule has 0 unspecified atom stereocenters. The van der Waals surface area contributed by atoms with Crippen molar-refractivity contribution in [1.29, 1.82) is 0 Å². The summed E-state index contributed by atoms with van der Waals surface area (Å²) in [6.45, 7) is 0.00984. The van der Waals surface area contributed by atoms with Crippen LogP contribution in [0.15, 0.2) is 0 Å². The minimum atomic E-state index is -4.33. The summed E-state index contributed by atoms with van der Waals surface area (Å²) in [5, 5.41) is 9.44. The second-order valence-corrected chi connectivity index (χ2v) is 7.50. The van der Waals surface area contributed by atoms with Gasteiger partial charge in [-0.05, 0) is 19.3 Å². The van der Waals surface area contributed by atoms with Gasteiger partial charge in [0.05, 0.1) is 5.75 Å². The first-order valence-electron chi connectivity index (χ1n) is 6.83. The molecule has 20 heavy (non-hydrogen) atoms. The molecule has 1 saturated carbocycles. The summed E-state index contributed by atoms with van der Waals surface area (Å²) in [7, 11) is -3.71. The van der Waals surface area contributed by atoms with Crippen molar-refractivity contribution in [3.05, 3.63) is 0 Å². The predicted octanol–water partition coefficient (Wildman–Crippen LogP) is 2.19. The van der Waals surface area contributed by atoms with E-state index in [4.69, 9.17) is 0 Å². The van der Waals surface area contributed by atoms with Crippen LogP contribution in [0.1, 0.15) is 44.9 Å². The van der Waals surface area contributed by atoms with Gasteiger partial charge in [0, 0.05) is 25.0 Å². The van der Waals surface area contributed by atoms with Gasteiger partial charge in [-0.25, -0.2) is 13.1 Å². The van der Waals surface area contributed by atoms with E-state index in [0.717, 1.165) is 32.1 Å². The Morgan fingerprint density at radius 1 is 1.15 bits per heavy atom. The van der Waals surface area contributed by atoms with Gasteiger partial charge in [0.1, 0.15) is 0 Å². The van der Waals surface area contributed by atoms with Gasteiger partial charge in [-0.1, -0.05) is 19.3 Å². The molecule has 0 spiro atoms. The van der Waals surface area contributed by atoms with Crippen molar-refractivity contribution in [2.45, 2.75) is 51.1 Å². The monoisotopic (exact) mass is 317 g/mol. The molecule has 1 rings (SSSR count). The lowest BCUT2D eigenvalue weighted by Crippen LogP contribution is -2.42. The largest absolute Gasteiger partial charge is 0.396 e. The first-order valence-corrected chi connectivity index (χ1v) is 8.48. The summed E-state index contributed by atoms with van der Waals surface area (Å²) in [6.07, 6.45) is -1.43. The molecular weight excluding hydrogens is 295 g/mol. The van der Waals surface area contributed by atoms with Crippen molar-refractivity contribution in [2.75, 3.05) is 18.9 Å². The van der Waals surface area contributed by atoms with E-state index in [2.05, 4.69) is 4.72 Å². The molecule has 8 heteroatoms. The molecule has 0 saturated heterocycles. The Morgan fingerprint density at radius 2 is 1.75 bits per heavy atom. The number of hydrogen-bond donors (Lipinski definition) is 2. The lowest BCUT2D eigenvalue weighted by Gasteiger charge is -2.35. The van der Waals surface area contributed by atoms with Crippen LogP contribution in [0, 0.1) is 5.41 Å². The zero-order valence-electron chi connectivity index (χ0n) is 11.4. The highest BCUT2D eigenvalue weighted by Gasteiger charge is 2.33. The average Bonchev–Trinajstić information content (AvgIpc) is 2.36. The number of aliphatic hydroxyl groups excluding tert-OH is 1. The Morgan fingerprint density at radius 3 is 2.25 bits per heavy atom. The molecule has 120 valence electrons. The quantitative estimate of drug-likeness (QED) is 0.756. The summed E-state index contributed by atoms with van der Waals surface area (Å²) < 4.78 is 61.6. The zero-order chi connectivity index (χ0) is 15.3. The molecule has 1 aliphatic rings. The molecule has 0 aromatic carbocycles. The van der Waals surface area contributed by atoms with Crippen LogP contribution >= 0.6 is 0 Å². The Balaban J connectivity index is 2.41. The van der Waals surface area contributed by atoms with Crippen molar-refractivity contribution in [2.24, 2.45) is 5.41 Å². The van der Waals surface area contributed by atoms with E-state index in [1.165, 1.54) is 0 Å². The molecule has 0 amide bonds. The predicted molar refractivity (Wildman–Crippen MR) is 69.7 cm³/mol. The van der Waals surface area contributed by atoms with Crippen molar-refractivity contribution in [3.8, 4) is 0 Å². The Labute approximate surface area is 117 Å². The molecule has 0 aromatic rings. The summed E-state index contributed by atoms with van der Waals surface area (Å²) in [4.78, 5) is 0. The zero-order valence-corrected chi connectivity index (χ0v) is 12.2. The average molecular weight is 317 g/mol. The van der Waals surface area contributed by atoms with Gasteiger partial charge in [0.2, 0.25) is 10.0 Å². The van der Waals surface area contributed by atoms with Gasteiger partial charge in [-0.15, -0.1) is 0 Å². The summed E-state index contributed by atoms with van der Waals surface area (Å²) in [6, 6.07) is 0. The summed E-state index contributed by atoms with van der Waals surface area (Å²) in [5.74, 6) is -0.534. The van der Waals surface area contributed by atoms with Crippen molar-refractivity contribution >= 4 is 10.0 Å². The molecule has 0 atom stereocenters. The highest BCUT2D eigenvalue weighted by atomic mass is 32.2. The first-order chi connectivity index (χ1) is 9.18. The highest BCUT2D eigenvalue weighted by molar-refractivity contribution is 7.89. The topological polar surface area (TPSA) is 66.4 Å². The number of sulfonamides is 1. The summed E-state index contributed by atoms with van der Waals surface area (Å²) in [5.41, 5.74) is -0.449. The Kier molecular flexibility index (Phi) is 6.27. The van der Waals surface area contributed by atoms with Gasteiger partial charge >= 0.3 is 6.18 Å². The number of halogens is 3. The SMILES string of the molecule is O=S(=O)(CCCC(F)(F)F)NCC1(CO)CCCCC1. The number of rotatable bonds is 7. The molecule has 0 heterocycles. The Bertz CT molecular complexity index is 389. The van der Waals surface area contributed by atoms with Crippen LogP contribution in [-0.4, -0.2) is 38.6 Å².